The fourth-order valence-corrected chi connectivity index (χ4v) is 3.79. The van der Waals surface area contributed by atoms with E-state index in [2.05, 4.69) is 16.7 Å². The van der Waals surface area contributed by atoms with Gasteiger partial charge in [-0.3, -0.25) is 4.79 Å². The third-order valence-corrected chi connectivity index (χ3v) is 5.39. The van der Waals surface area contributed by atoms with E-state index in [1.54, 1.807) is 0 Å². The standard InChI is InChI=1S/C17H19ClN2OS.ClH/c1-11(15-4-5-16(18)22-15)20-17(21)14-3-2-12-6-8-19-9-7-13(12)10-14;/h2-5,10-11,19H,6-9H2,1H3,(H,20,21);1H. The van der Waals surface area contributed by atoms with Gasteiger partial charge in [0.15, 0.2) is 0 Å². The highest BCUT2D eigenvalue weighted by Crippen LogP contribution is 2.27. The van der Waals surface area contributed by atoms with Crippen molar-refractivity contribution < 1.29 is 4.79 Å². The highest BCUT2D eigenvalue weighted by Gasteiger charge is 2.15. The zero-order valence-electron chi connectivity index (χ0n) is 12.9. The molecule has 2 heterocycles. The third-order valence-electron chi connectivity index (χ3n) is 3.98. The third kappa shape index (κ3) is 4.48. The van der Waals surface area contributed by atoms with Crippen LogP contribution in [0.1, 0.15) is 39.3 Å². The number of hydrogen-bond acceptors (Lipinski definition) is 3. The van der Waals surface area contributed by atoms with Gasteiger partial charge in [-0.25, -0.2) is 0 Å². The first-order valence-electron chi connectivity index (χ1n) is 7.52. The number of rotatable bonds is 3. The van der Waals surface area contributed by atoms with Crippen LogP contribution in [0.3, 0.4) is 0 Å². The molecule has 23 heavy (non-hydrogen) atoms. The Morgan fingerprint density at radius 3 is 2.65 bits per heavy atom. The molecular formula is C17H20Cl2N2OS. The molecule has 3 nitrogen and oxygen atoms in total. The van der Waals surface area contributed by atoms with Crippen molar-refractivity contribution in [2.45, 2.75) is 25.8 Å². The fourth-order valence-electron chi connectivity index (χ4n) is 2.73. The maximum absolute atomic E-state index is 12.5. The van der Waals surface area contributed by atoms with Crippen molar-refractivity contribution in [2.24, 2.45) is 0 Å². The van der Waals surface area contributed by atoms with Gasteiger partial charge in [0, 0.05) is 10.4 Å². The number of nitrogens with one attached hydrogen (secondary N) is 2. The van der Waals surface area contributed by atoms with Gasteiger partial charge in [0.2, 0.25) is 0 Å². The van der Waals surface area contributed by atoms with E-state index in [9.17, 15) is 4.79 Å². The van der Waals surface area contributed by atoms with Gasteiger partial charge in [-0.2, -0.15) is 0 Å². The molecule has 6 heteroatoms. The minimum atomic E-state index is -0.0366. The summed E-state index contributed by atoms with van der Waals surface area (Å²) >= 11 is 7.45. The van der Waals surface area contributed by atoms with Crippen LogP contribution in [-0.4, -0.2) is 19.0 Å². The molecular weight excluding hydrogens is 351 g/mol. The molecule has 0 radical (unpaired) electrons. The summed E-state index contributed by atoms with van der Waals surface area (Å²) < 4.78 is 0.744. The second-order valence-electron chi connectivity index (χ2n) is 5.57. The Labute approximate surface area is 151 Å². The summed E-state index contributed by atoms with van der Waals surface area (Å²) in [6.45, 7) is 3.96. The molecule has 2 aromatic rings. The molecule has 1 aromatic heterocycles. The van der Waals surface area contributed by atoms with Crippen molar-refractivity contribution >= 4 is 41.3 Å². The minimum absolute atomic E-state index is 0. The van der Waals surface area contributed by atoms with Crippen LogP contribution in [0.4, 0.5) is 0 Å². The van der Waals surface area contributed by atoms with E-state index in [-0.39, 0.29) is 24.4 Å². The first-order valence-corrected chi connectivity index (χ1v) is 8.71. The van der Waals surface area contributed by atoms with Crippen LogP contribution in [0, 0.1) is 0 Å². The van der Waals surface area contributed by atoms with Crippen molar-refractivity contribution in [2.75, 3.05) is 13.1 Å². The average Bonchev–Trinajstić information content (AvgIpc) is 2.81. The molecule has 1 aromatic carbocycles. The molecule has 1 aliphatic heterocycles. The summed E-state index contributed by atoms with van der Waals surface area (Å²) in [5, 5.41) is 6.43. The number of thiophene rings is 1. The second-order valence-corrected chi connectivity index (χ2v) is 7.32. The smallest absolute Gasteiger partial charge is 0.251 e. The summed E-state index contributed by atoms with van der Waals surface area (Å²) in [4.78, 5) is 13.5. The lowest BCUT2D eigenvalue weighted by molar-refractivity contribution is 0.0940. The number of amides is 1. The lowest BCUT2D eigenvalue weighted by Gasteiger charge is -2.13. The Morgan fingerprint density at radius 2 is 1.96 bits per heavy atom. The van der Waals surface area contributed by atoms with Crippen LogP contribution in [0.25, 0.3) is 0 Å². The van der Waals surface area contributed by atoms with Crippen molar-refractivity contribution in [1.29, 1.82) is 0 Å². The van der Waals surface area contributed by atoms with E-state index in [0.717, 1.165) is 40.7 Å². The highest BCUT2D eigenvalue weighted by atomic mass is 35.5. The second kappa shape index (κ2) is 8.15. The summed E-state index contributed by atoms with van der Waals surface area (Å²) in [7, 11) is 0. The molecule has 0 bridgehead atoms. The molecule has 0 aliphatic carbocycles. The maximum atomic E-state index is 12.5. The first-order chi connectivity index (χ1) is 10.6. The van der Waals surface area contributed by atoms with Crippen LogP contribution in [0.15, 0.2) is 30.3 Å². The number of hydrogen-bond donors (Lipinski definition) is 2. The average molecular weight is 371 g/mol. The van der Waals surface area contributed by atoms with Crippen LogP contribution in [0.5, 0.6) is 0 Å². The molecule has 1 aliphatic rings. The maximum Gasteiger partial charge on any atom is 0.251 e. The van der Waals surface area contributed by atoms with Gasteiger partial charge in [0.05, 0.1) is 10.4 Å². The lowest BCUT2D eigenvalue weighted by Crippen LogP contribution is -2.26. The predicted molar refractivity (Wildman–Crippen MR) is 99.2 cm³/mol. The van der Waals surface area contributed by atoms with Gasteiger partial charge in [0.1, 0.15) is 0 Å². The topological polar surface area (TPSA) is 41.1 Å². The van der Waals surface area contributed by atoms with Crippen LogP contribution < -0.4 is 10.6 Å². The zero-order valence-corrected chi connectivity index (χ0v) is 15.3. The van der Waals surface area contributed by atoms with Crippen molar-refractivity contribution in [3.8, 4) is 0 Å². The molecule has 1 amide bonds. The van der Waals surface area contributed by atoms with Crippen molar-refractivity contribution in [3.63, 3.8) is 0 Å². The monoisotopic (exact) mass is 370 g/mol. The molecule has 1 unspecified atom stereocenters. The van der Waals surface area contributed by atoms with E-state index in [4.69, 9.17) is 11.6 Å². The molecule has 0 saturated carbocycles. The van der Waals surface area contributed by atoms with Crippen molar-refractivity contribution in [1.82, 2.24) is 10.6 Å². The Bertz CT molecular complexity index is 687. The van der Waals surface area contributed by atoms with Crippen LogP contribution in [-0.2, 0) is 12.8 Å². The summed E-state index contributed by atoms with van der Waals surface area (Å²) in [6, 6.07) is 9.83. The number of halogens is 2. The summed E-state index contributed by atoms with van der Waals surface area (Å²) in [6.07, 6.45) is 2.01. The Kier molecular flexibility index (Phi) is 6.48. The van der Waals surface area contributed by atoms with Gasteiger partial charge >= 0.3 is 0 Å². The van der Waals surface area contributed by atoms with Crippen molar-refractivity contribution in [3.05, 3.63) is 56.2 Å². The Morgan fingerprint density at radius 1 is 1.22 bits per heavy atom. The van der Waals surface area contributed by atoms with E-state index in [1.807, 2.05) is 31.2 Å². The number of carbonyl (C=O) groups is 1. The molecule has 124 valence electrons. The van der Waals surface area contributed by atoms with Gasteiger partial charge in [0.25, 0.3) is 5.91 Å². The minimum Gasteiger partial charge on any atom is -0.345 e. The summed E-state index contributed by atoms with van der Waals surface area (Å²) in [5.41, 5.74) is 3.36. The van der Waals surface area contributed by atoms with Crippen LogP contribution in [0.2, 0.25) is 4.34 Å². The van der Waals surface area contributed by atoms with E-state index < -0.39 is 0 Å². The van der Waals surface area contributed by atoms with Gasteiger partial charge < -0.3 is 10.6 Å². The number of benzene rings is 1. The number of fused-ring (bicyclic) bond motifs is 1. The largest absolute Gasteiger partial charge is 0.345 e. The van der Waals surface area contributed by atoms with Crippen LogP contribution >= 0.6 is 35.3 Å². The SMILES string of the molecule is CC(NC(=O)c1ccc2c(c1)CCNCC2)c1ccc(Cl)s1.Cl. The van der Waals surface area contributed by atoms with Gasteiger partial charge in [-0.05, 0) is 68.2 Å². The first kappa shape index (κ1) is 18.3. The van der Waals surface area contributed by atoms with Gasteiger partial charge in [-0.15, -0.1) is 23.7 Å². The lowest BCUT2D eigenvalue weighted by atomic mass is 9.99. The number of carbonyl (C=O) groups excluding carboxylic acids is 1. The fraction of sp³-hybridized carbons (Fsp3) is 0.353. The predicted octanol–water partition coefficient (Wildman–Crippen LogP) is 4.00. The molecule has 2 N–H and O–H groups in total. The normalized spacial score (nSPS) is 15.0. The van der Waals surface area contributed by atoms with E-state index in [0.29, 0.717) is 0 Å². The quantitative estimate of drug-likeness (QED) is 0.856. The molecule has 0 spiro atoms. The Balaban J connectivity index is 0.00000192. The Hall–Kier alpha value is -1.07. The molecule has 0 saturated heterocycles. The van der Waals surface area contributed by atoms with Gasteiger partial charge in [-0.1, -0.05) is 17.7 Å². The molecule has 3 rings (SSSR count). The molecule has 0 fully saturated rings. The highest BCUT2D eigenvalue weighted by molar-refractivity contribution is 7.16. The zero-order chi connectivity index (χ0) is 15.5. The van der Waals surface area contributed by atoms with E-state index >= 15 is 0 Å². The van der Waals surface area contributed by atoms with E-state index in [1.165, 1.54) is 22.5 Å². The molecule has 1 atom stereocenters. The summed E-state index contributed by atoms with van der Waals surface area (Å²) in [5.74, 6) is -0.0305.